The third kappa shape index (κ3) is 5.03. The predicted molar refractivity (Wildman–Crippen MR) is 128 cm³/mol. The van der Waals surface area contributed by atoms with Crippen LogP contribution in [0.1, 0.15) is 29.2 Å². The highest BCUT2D eigenvalue weighted by molar-refractivity contribution is 8.93. The zero-order valence-electron chi connectivity index (χ0n) is 17.1. The Morgan fingerprint density at radius 3 is 2.66 bits per heavy atom. The van der Waals surface area contributed by atoms with E-state index in [-0.39, 0.29) is 40.0 Å². The molecule has 1 saturated heterocycles. The Morgan fingerprint density at radius 1 is 1.22 bits per heavy atom. The summed E-state index contributed by atoms with van der Waals surface area (Å²) in [4.78, 5) is 40.4. The van der Waals surface area contributed by atoms with E-state index in [9.17, 15) is 19.7 Å². The minimum absolute atomic E-state index is 0. The number of likely N-dealkylation sites (tertiary alicyclic amines) is 1. The summed E-state index contributed by atoms with van der Waals surface area (Å²) in [7, 11) is 0. The van der Waals surface area contributed by atoms with Gasteiger partial charge in [0.2, 0.25) is 0 Å². The average molecular weight is 525 g/mol. The monoisotopic (exact) mass is 523 g/mol. The van der Waals surface area contributed by atoms with Crippen LogP contribution in [0.4, 0.5) is 5.69 Å². The van der Waals surface area contributed by atoms with Crippen molar-refractivity contribution >= 4 is 51.2 Å². The number of aromatic amines is 1. The van der Waals surface area contributed by atoms with E-state index in [4.69, 9.17) is 11.6 Å². The fourth-order valence-corrected chi connectivity index (χ4v) is 4.29. The standard InChI is InChI=1S/C21H22ClN5O4.BrH/c22-14-5-6-19-17(13-14)24-21(29)26(19)15-7-10-25(11-8-15)12-9-23-20(28)16-3-1-2-4-18(16)27(30)31;/h1-6,13,15H,7-12H2,(H,23,28)(H,24,29);1H. The van der Waals surface area contributed by atoms with E-state index in [2.05, 4.69) is 15.2 Å². The molecule has 2 aromatic carbocycles. The Bertz CT molecular complexity index is 1190. The van der Waals surface area contributed by atoms with Crippen molar-refractivity contribution < 1.29 is 9.72 Å². The third-order valence-corrected chi connectivity index (χ3v) is 5.89. The van der Waals surface area contributed by atoms with Crippen molar-refractivity contribution in [3.05, 3.63) is 73.6 Å². The molecule has 1 fully saturated rings. The first-order valence-electron chi connectivity index (χ1n) is 10.1. The quantitative estimate of drug-likeness (QED) is 0.378. The first-order valence-corrected chi connectivity index (χ1v) is 10.5. The molecule has 1 amide bonds. The van der Waals surface area contributed by atoms with Crippen LogP contribution in [0.5, 0.6) is 0 Å². The lowest BCUT2D eigenvalue weighted by Crippen LogP contribution is -2.41. The minimum atomic E-state index is -0.555. The number of nitro benzene ring substituents is 1. The molecule has 1 aliphatic heterocycles. The largest absolute Gasteiger partial charge is 0.351 e. The number of amides is 1. The number of carbonyl (C=O) groups is 1. The molecule has 32 heavy (non-hydrogen) atoms. The van der Waals surface area contributed by atoms with Crippen LogP contribution in [-0.2, 0) is 0 Å². The number of fused-ring (bicyclic) bond motifs is 1. The Labute approximate surface area is 199 Å². The van der Waals surface area contributed by atoms with Crippen LogP contribution < -0.4 is 11.0 Å². The zero-order valence-corrected chi connectivity index (χ0v) is 19.6. The van der Waals surface area contributed by atoms with Gasteiger partial charge in [0.15, 0.2) is 0 Å². The Hall–Kier alpha value is -2.69. The van der Waals surface area contributed by atoms with Gasteiger partial charge in [0.25, 0.3) is 11.6 Å². The van der Waals surface area contributed by atoms with Gasteiger partial charge < -0.3 is 15.2 Å². The normalized spacial score (nSPS) is 14.8. The lowest BCUT2D eigenvalue weighted by atomic mass is 10.0. The van der Waals surface area contributed by atoms with Crippen molar-refractivity contribution in [2.45, 2.75) is 18.9 Å². The smallest absolute Gasteiger partial charge is 0.326 e. The summed E-state index contributed by atoms with van der Waals surface area (Å²) in [5.74, 6) is -0.453. The van der Waals surface area contributed by atoms with E-state index in [0.29, 0.717) is 18.1 Å². The molecule has 2 N–H and O–H groups in total. The van der Waals surface area contributed by atoms with Gasteiger partial charge in [0.05, 0.1) is 16.0 Å². The van der Waals surface area contributed by atoms with Crippen LogP contribution in [-0.4, -0.2) is 51.5 Å². The highest BCUT2D eigenvalue weighted by Gasteiger charge is 2.24. The number of nitrogens with one attached hydrogen (secondary N) is 2. The number of halogens is 2. The Morgan fingerprint density at radius 2 is 1.94 bits per heavy atom. The van der Waals surface area contributed by atoms with Crippen LogP contribution in [0.25, 0.3) is 11.0 Å². The molecule has 0 saturated carbocycles. The van der Waals surface area contributed by atoms with E-state index < -0.39 is 10.8 Å². The van der Waals surface area contributed by atoms with E-state index in [1.807, 2.05) is 6.07 Å². The molecule has 170 valence electrons. The summed E-state index contributed by atoms with van der Waals surface area (Å²) in [5.41, 5.74) is 1.31. The number of aromatic nitrogens is 2. The molecule has 0 radical (unpaired) electrons. The summed E-state index contributed by atoms with van der Waals surface area (Å²) in [5, 5.41) is 14.4. The molecule has 0 bridgehead atoms. The summed E-state index contributed by atoms with van der Waals surface area (Å²) < 4.78 is 1.80. The summed E-state index contributed by atoms with van der Waals surface area (Å²) >= 11 is 6.02. The fraction of sp³-hybridized carbons (Fsp3) is 0.333. The van der Waals surface area contributed by atoms with E-state index in [0.717, 1.165) is 37.0 Å². The molecule has 3 aromatic rings. The number of hydrogen-bond donors (Lipinski definition) is 2. The maximum atomic E-state index is 12.4. The molecule has 0 atom stereocenters. The average Bonchev–Trinajstić information content (AvgIpc) is 3.08. The van der Waals surface area contributed by atoms with Crippen LogP contribution in [0.3, 0.4) is 0 Å². The molecule has 0 aliphatic carbocycles. The highest BCUT2D eigenvalue weighted by Crippen LogP contribution is 2.26. The Balaban J connectivity index is 0.00000289. The number of piperidine rings is 1. The number of nitrogens with zero attached hydrogens (tertiary/aromatic N) is 3. The van der Waals surface area contributed by atoms with Gasteiger partial charge in [-0.2, -0.15) is 0 Å². The number of nitro groups is 1. The first kappa shape index (κ1) is 24.0. The van der Waals surface area contributed by atoms with Crippen molar-refractivity contribution in [3.63, 3.8) is 0 Å². The molecular weight excluding hydrogens is 502 g/mol. The fourth-order valence-electron chi connectivity index (χ4n) is 4.11. The first-order chi connectivity index (χ1) is 14.9. The Kier molecular flexibility index (Phi) is 7.70. The topological polar surface area (TPSA) is 113 Å². The second-order valence-electron chi connectivity index (χ2n) is 7.56. The van der Waals surface area contributed by atoms with Gasteiger partial charge in [-0.1, -0.05) is 23.7 Å². The zero-order chi connectivity index (χ0) is 22.0. The van der Waals surface area contributed by atoms with Gasteiger partial charge in [0, 0.05) is 43.3 Å². The number of H-pyrrole nitrogens is 1. The molecule has 2 heterocycles. The molecule has 0 unspecified atom stereocenters. The summed E-state index contributed by atoms with van der Waals surface area (Å²) in [6.07, 6.45) is 1.63. The number of carbonyl (C=O) groups excluding carboxylic acids is 1. The minimum Gasteiger partial charge on any atom is -0.351 e. The third-order valence-electron chi connectivity index (χ3n) is 5.66. The van der Waals surface area contributed by atoms with Crippen molar-refractivity contribution in [2.75, 3.05) is 26.2 Å². The molecule has 1 aromatic heterocycles. The van der Waals surface area contributed by atoms with Crippen LogP contribution in [0, 0.1) is 10.1 Å². The van der Waals surface area contributed by atoms with Crippen LogP contribution in [0.15, 0.2) is 47.3 Å². The van der Waals surface area contributed by atoms with E-state index in [1.54, 1.807) is 22.8 Å². The molecular formula is C21H23BrClN5O4. The highest BCUT2D eigenvalue weighted by atomic mass is 79.9. The number of benzene rings is 2. The second-order valence-corrected chi connectivity index (χ2v) is 8.00. The molecule has 11 heteroatoms. The lowest BCUT2D eigenvalue weighted by Gasteiger charge is -2.32. The number of hydrogen-bond acceptors (Lipinski definition) is 5. The lowest BCUT2D eigenvalue weighted by molar-refractivity contribution is -0.385. The van der Waals surface area contributed by atoms with Gasteiger partial charge in [-0.05, 0) is 37.1 Å². The van der Waals surface area contributed by atoms with Crippen molar-refractivity contribution in [1.29, 1.82) is 0 Å². The number of rotatable bonds is 6. The molecule has 0 spiro atoms. The number of para-hydroxylation sites is 1. The van der Waals surface area contributed by atoms with Crippen molar-refractivity contribution in [2.24, 2.45) is 0 Å². The predicted octanol–water partition coefficient (Wildman–Crippen LogP) is 3.54. The van der Waals surface area contributed by atoms with Gasteiger partial charge in [-0.25, -0.2) is 4.79 Å². The summed E-state index contributed by atoms with van der Waals surface area (Å²) in [6.45, 7) is 2.61. The van der Waals surface area contributed by atoms with Gasteiger partial charge in [0.1, 0.15) is 5.56 Å². The maximum absolute atomic E-state index is 12.4. The second kappa shape index (κ2) is 10.3. The van der Waals surface area contributed by atoms with Crippen molar-refractivity contribution in [3.8, 4) is 0 Å². The summed E-state index contributed by atoms with van der Waals surface area (Å²) in [6, 6.07) is 11.4. The molecule has 1 aliphatic rings. The van der Waals surface area contributed by atoms with E-state index >= 15 is 0 Å². The number of imidazole rings is 1. The van der Waals surface area contributed by atoms with Gasteiger partial charge in [-0.3, -0.25) is 19.5 Å². The van der Waals surface area contributed by atoms with Crippen LogP contribution >= 0.6 is 28.6 Å². The van der Waals surface area contributed by atoms with E-state index in [1.165, 1.54) is 18.2 Å². The van der Waals surface area contributed by atoms with Crippen molar-refractivity contribution in [1.82, 2.24) is 19.8 Å². The molecule has 9 nitrogen and oxygen atoms in total. The van der Waals surface area contributed by atoms with Gasteiger partial charge in [-0.15, -0.1) is 17.0 Å². The maximum Gasteiger partial charge on any atom is 0.326 e. The SMILES string of the molecule is Br.O=C(NCCN1CCC(n2c(=O)[nH]c3cc(Cl)ccc32)CC1)c1ccccc1[N+](=O)[O-]. The van der Waals surface area contributed by atoms with Gasteiger partial charge >= 0.3 is 5.69 Å². The van der Waals surface area contributed by atoms with Crippen LogP contribution in [0.2, 0.25) is 5.02 Å². The molecule has 4 rings (SSSR count).